The van der Waals surface area contributed by atoms with E-state index in [1.807, 2.05) is 52.1 Å². The largest absolute Gasteiger partial charge is 0.366 e. The quantitative estimate of drug-likeness (QED) is 0.659. The molecule has 2 fully saturated rings. The molecule has 0 unspecified atom stereocenters. The predicted octanol–water partition coefficient (Wildman–Crippen LogP) is 2.87. The van der Waals surface area contributed by atoms with Crippen molar-refractivity contribution in [3.05, 3.63) is 54.4 Å². The fraction of sp³-hybridized carbons (Fsp3) is 0.318. The van der Waals surface area contributed by atoms with E-state index >= 15 is 0 Å². The van der Waals surface area contributed by atoms with E-state index in [1.165, 1.54) is 0 Å². The lowest BCUT2D eigenvalue weighted by molar-refractivity contribution is -0.132. The minimum absolute atomic E-state index is 0.290. The van der Waals surface area contributed by atoms with Gasteiger partial charge in [0.2, 0.25) is 5.91 Å². The molecule has 5 rings (SSSR count). The second kappa shape index (κ2) is 6.78. The van der Waals surface area contributed by atoms with Gasteiger partial charge in [0.1, 0.15) is 6.29 Å². The standard InChI is InChI=1S/C22H22N4O2/c27-15-16-1-3-17(4-2-16)19-13-21-20(7-8-23-26(21)14-19)24-9-11-25(12-10-24)22(28)18-5-6-18/h1-4,7-8,13-15,18H,5-6,9-12H2. The van der Waals surface area contributed by atoms with Gasteiger partial charge in [0, 0.05) is 55.6 Å². The Bertz CT molecular complexity index is 1030. The van der Waals surface area contributed by atoms with Crippen molar-refractivity contribution in [2.75, 3.05) is 31.1 Å². The Hall–Kier alpha value is -3.15. The average molecular weight is 374 g/mol. The Kier molecular flexibility index (Phi) is 4.11. The van der Waals surface area contributed by atoms with Gasteiger partial charge in [-0.3, -0.25) is 9.59 Å². The predicted molar refractivity (Wildman–Crippen MR) is 108 cm³/mol. The first kappa shape index (κ1) is 17.0. The molecule has 0 atom stereocenters. The molecule has 1 saturated carbocycles. The summed E-state index contributed by atoms with van der Waals surface area (Å²) in [6.07, 6.45) is 6.81. The third-order valence-electron chi connectivity index (χ3n) is 5.73. The first-order valence-corrected chi connectivity index (χ1v) is 9.80. The van der Waals surface area contributed by atoms with Crippen LogP contribution in [-0.4, -0.2) is 52.9 Å². The molecule has 1 amide bonds. The zero-order chi connectivity index (χ0) is 19.1. The number of rotatable bonds is 4. The van der Waals surface area contributed by atoms with Crippen LogP contribution in [0.3, 0.4) is 0 Å². The summed E-state index contributed by atoms with van der Waals surface area (Å²) in [4.78, 5) is 27.5. The van der Waals surface area contributed by atoms with Crippen molar-refractivity contribution in [3.8, 4) is 11.1 Å². The molecule has 28 heavy (non-hydrogen) atoms. The number of hydrogen-bond donors (Lipinski definition) is 0. The van der Waals surface area contributed by atoms with Gasteiger partial charge < -0.3 is 9.80 Å². The first-order valence-electron chi connectivity index (χ1n) is 9.80. The molecule has 1 aliphatic heterocycles. The van der Waals surface area contributed by atoms with Crippen molar-refractivity contribution in [1.82, 2.24) is 14.5 Å². The van der Waals surface area contributed by atoms with Gasteiger partial charge in [-0.15, -0.1) is 0 Å². The molecular formula is C22H22N4O2. The summed E-state index contributed by atoms with van der Waals surface area (Å²) < 4.78 is 1.90. The lowest BCUT2D eigenvalue weighted by atomic mass is 10.1. The summed E-state index contributed by atoms with van der Waals surface area (Å²) in [5, 5.41) is 4.46. The van der Waals surface area contributed by atoms with Crippen LogP contribution in [-0.2, 0) is 4.79 Å². The van der Waals surface area contributed by atoms with E-state index in [-0.39, 0.29) is 5.92 Å². The van der Waals surface area contributed by atoms with E-state index in [0.717, 1.165) is 67.6 Å². The normalized spacial score (nSPS) is 17.1. The monoisotopic (exact) mass is 374 g/mol. The van der Waals surface area contributed by atoms with Gasteiger partial charge in [0.25, 0.3) is 0 Å². The summed E-state index contributed by atoms with van der Waals surface area (Å²) in [5.41, 5.74) is 5.00. The van der Waals surface area contributed by atoms with Gasteiger partial charge in [-0.25, -0.2) is 4.52 Å². The molecule has 3 heterocycles. The van der Waals surface area contributed by atoms with Crippen molar-refractivity contribution >= 4 is 23.4 Å². The van der Waals surface area contributed by atoms with Crippen molar-refractivity contribution < 1.29 is 9.59 Å². The molecule has 2 aliphatic rings. The van der Waals surface area contributed by atoms with Gasteiger partial charge >= 0.3 is 0 Å². The number of anilines is 1. The van der Waals surface area contributed by atoms with Crippen molar-refractivity contribution in [2.24, 2.45) is 5.92 Å². The van der Waals surface area contributed by atoms with Crippen LogP contribution in [0.15, 0.2) is 48.8 Å². The molecule has 6 nitrogen and oxygen atoms in total. The molecule has 0 bridgehead atoms. The zero-order valence-electron chi connectivity index (χ0n) is 15.6. The third kappa shape index (κ3) is 3.05. The van der Waals surface area contributed by atoms with E-state index in [9.17, 15) is 9.59 Å². The maximum absolute atomic E-state index is 12.3. The number of nitrogens with zero attached hydrogens (tertiary/aromatic N) is 4. The molecular weight excluding hydrogens is 352 g/mol. The molecule has 1 saturated heterocycles. The van der Waals surface area contributed by atoms with Crippen LogP contribution in [0.4, 0.5) is 5.69 Å². The number of benzene rings is 1. The molecule has 1 aromatic carbocycles. The number of fused-ring (bicyclic) bond motifs is 1. The van der Waals surface area contributed by atoms with E-state index < -0.39 is 0 Å². The van der Waals surface area contributed by atoms with Crippen LogP contribution in [0.25, 0.3) is 16.6 Å². The number of aldehydes is 1. The summed E-state index contributed by atoms with van der Waals surface area (Å²) >= 11 is 0. The molecule has 0 spiro atoms. The summed E-state index contributed by atoms with van der Waals surface area (Å²) in [5.74, 6) is 0.626. The highest BCUT2D eigenvalue weighted by molar-refractivity contribution is 5.83. The molecule has 142 valence electrons. The minimum atomic E-state index is 0.290. The Balaban J connectivity index is 1.40. The van der Waals surface area contributed by atoms with Crippen LogP contribution in [0.2, 0.25) is 0 Å². The lowest BCUT2D eigenvalue weighted by Crippen LogP contribution is -2.49. The third-order valence-corrected chi connectivity index (χ3v) is 5.73. The second-order valence-corrected chi connectivity index (χ2v) is 7.60. The van der Waals surface area contributed by atoms with Gasteiger partial charge in [-0.1, -0.05) is 24.3 Å². The smallest absolute Gasteiger partial charge is 0.225 e. The molecule has 6 heteroatoms. The highest BCUT2D eigenvalue weighted by Gasteiger charge is 2.34. The van der Waals surface area contributed by atoms with Crippen LogP contribution < -0.4 is 4.90 Å². The Labute approximate surface area is 163 Å². The van der Waals surface area contributed by atoms with Crippen LogP contribution >= 0.6 is 0 Å². The lowest BCUT2D eigenvalue weighted by Gasteiger charge is -2.36. The summed E-state index contributed by atoms with van der Waals surface area (Å²) in [7, 11) is 0. The van der Waals surface area contributed by atoms with E-state index in [2.05, 4.69) is 16.1 Å². The minimum Gasteiger partial charge on any atom is -0.366 e. The van der Waals surface area contributed by atoms with Gasteiger partial charge in [0.15, 0.2) is 0 Å². The number of amides is 1. The van der Waals surface area contributed by atoms with Crippen LogP contribution in [0, 0.1) is 5.92 Å². The van der Waals surface area contributed by atoms with E-state index in [1.54, 1.807) is 0 Å². The van der Waals surface area contributed by atoms with Crippen molar-refractivity contribution in [2.45, 2.75) is 12.8 Å². The highest BCUT2D eigenvalue weighted by atomic mass is 16.2. The van der Waals surface area contributed by atoms with Gasteiger partial charge in [0.05, 0.1) is 11.2 Å². The van der Waals surface area contributed by atoms with E-state index in [4.69, 9.17) is 0 Å². The fourth-order valence-corrected chi connectivity index (χ4v) is 3.94. The Morgan fingerprint density at radius 2 is 1.75 bits per heavy atom. The molecule has 2 aromatic heterocycles. The van der Waals surface area contributed by atoms with Crippen molar-refractivity contribution in [3.63, 3.8) is 0 Å². The van der Waals surface area contributed by atoms with E-state index in [0.29, 0.717) is 11.5 Å². The van der Waals surface area contributed by atoms with Gasteiger partial charge in [-0.05, 0) is 30.5 Å². The number of hydrogen-bond acceptors (Lipinski definition) is 4. The number of aromatic nitrogens is 2. The second-order valence-electron chi connectivity index (χ2n) is 7.60. The number of carbonyl (C=O) groups is 2. The zero-order valence-corrected chi connectivity index (χ0v) is 15.6. The fourth-order valence-electron chi connectivity index (χ4n) is 3.94. The maximum Gasteiger partial charge on any atom is 0.225 e. The first-order chi connectivity index (χ1) is 13.7. The molecule has 1 aliphatic carbocycles. The summed E-state index contributed by atoms with van der Waals surface area (Å²) in [6.45, 7) is 3.24. The Morgan fingerprint density at radius 1 is 1.00 bits per heavy atom. The maximum atomic E-state index is 12.3. The highest BCUT2D eigenvalue weighted by Crippen LogP contribution is 2.32. The van der Waals surface area contributed by atoms with Crippen LogP contribution in [0.5, 0.6) is 0 Å². The Morgan fingerprint density at radius 3 is 2.43 bits per heavy atom. The summed E-state index contributed by atoms with van der Waals surface area (Å²) in [6, 6.07) is 11.8. The number of carbonyl (C=O) groups excluding carboxylic acids is 2. The average Bonchev–Trinajstić information content (AvgIpc) is 3.51. The topological polar surface area (TPSA) is 57.9 Å². The number of piperazine rings is 1. The van der Waals surface area contributed by atoms with Crippen molar-refractivity contribution in [1.29, 1.82) is 0 Å². The molecule has 0 radical (unpaired) electrons. The van der Waals surface area contributed by atoms with Gasteiger partial charge in [-0.2, -0.15) is 5.10 Å². The molecule has 0 N–H and O–H groups in total. The van der Waals surface area contributed by atoms with Crippen LogP contribution in [0.1, 0.15) is 23.2 Å². The molecule has 3 aromatic rings. The SMILES string of the molecule is O=Cc1ccc(-c2cc3c(N4CCN(C(=O)C5CC5)CC4)ccnn3c2)cc1.